The molecule has 0 bridgehead atoms. The summed E-state index contributed by atoms with van der Waals surface area (Å²) in [6.07, 6.45) is 1.02. The maximum absolute atomic E-state index is 8.65. The molecule has 0 saturated carbocycles. The molecule has 0 saturated heterocycles. The third kappa shape index (κ3) is 2.05. The Morgan fingerprint density at radius 2 is 2.45 bits per heavy atom. The van der Waals surface area contributed by atoms with Crippen LogP contribution in [0.3, 0.4) is 0 Å². The number of thiophene rings is 1. The minimum atomic E-state index is 0.848. The van der Waals surface area contributed by atoms with Crippen molar-refractivity contribution >= 4 is 27.3 Å². The molecule has 11 heavy (non-hydrogen) atoms. The number of aryl methyl sites for hydroxylation is 2. The number of nitriles is 1. The molecule has 58 valence electrons. The predicted molar refractivity (Wildman–Crippen MR) is 51.3 cm³/mol. The predicted octanol–water partition coefficient (Wildman–Crippen LogP) is 2.87. The van der Waals surface area contributed by atoms with Crippen molar-refractivity contribution in [1.82, 2.24) is 0 Å². The van der Waals surface area contributed by atoms with Crippen LogP contribution in [0.5, 0.6) is 0 Å². The van der Waals surface area contributed by atoms with Crippen molar-refractivity contribution in [3.05, 3.63) is 21.4 Å². The normalized spacial score (nSPS) is 9.55. The van der Waals surface area contributed by atoms with E-state index in [1.165, 1.54) is 4.88 Å². The zero-order valence-corrected chi connectivity index (χ0v) is 8.63. The largest absolute Gasteiger partial charge is 0.192 e. The average Bonchev–Trinajstić information content (AvgIpc) is 2.32. The second-order valence-corrected chi connectivity index (χ2v) is 4.21. The number of rotatable bonds is 2. The summed E-state index contributed by atoms with van der Waals surface area (Å²) in [4.78, 5) is 2.14. The van der Waals surface area contributed by atoms with Gasteiger partial charge in [0.2, 0.25) is 0 Å². The smallest absolute Gasteiger partial charge is 0.110 e. The molecule has 3 heteroatoms. The van der Waals surface area contributed by atoms with Crippen LogP contribution in [0, 0.1) is 18.3 Å². The molecule has 0 N–H and O–H groups in total. The summed E-state index contributed by atoms with van der Waals surface area (Å²) in [5, 5.41) is 9.62. The zero-order chi connectivity index (χ0) is 8.27. The lowest BCUT2D eigenvalue weighted by atomic mass is 10.2. The topological polar surface area (TPSA) is 23.8 Å². The molecule has 0 atom stereocenters. The van der Waals surface area contributed by atoms with E-state index >= 15 is 0 Å². The van der Waals surface area contributed by atoms with E-state index in [4.69, 9.17) is 5.26 Å². The van der Waals surface area contributed by atoms with E-state index in [0.717, 1.165) is 22.2 Å². The Balaban J connectivity index is 2.89. The van der Waals surface area contributed by atoms with Crippen molar-refractivity contribution < 1.29 is 0 Å². The van der Waals surface area contributed by atoms with E-state index in [9.17, 15) is 0 Å². The Morgan fingerprint density at radius 1 is 1.73 bits per heavy atom. The summed E-state index contributed by atoms with van der Waals surface area (Å²) in [5.41, 5.74) is 1.11. The molecule has 1 aromatic heterocycles. The van der Waals surface area contributed by atoms with Crippen LogP contribution >= 0.6 is 27.3 Å². The minimum absolute atomic E-state index is 0.848. The molecule has 1 nitrogen and oxygen atoms in total. The fraction of sp³-hybridized carbons (Fsp3) is 0.375. The molecule has 1 heterocycles. The van der Waals surface area contributed by atoms with Gasteiger partial charge < -0.3 is 0 Å². The van der Waals surface area contributed by atoms with Gasteiger partial charge in [-0.25, -0.2) is 0 Å². The van der Waals surface area contributed by atoms with Gasteiger partial charge in [0.1, 0.15) is 10.9 Å². The highest BCUT2D eigenvalue weighted by molar-refractivity contribution is 9.09. The SMILES string of the molecule is Cc1cc(CCBr)sc1C#N. The summed E-state index contributed by atoms with van der Waals surface area (Å²) >= 11 is 4.96. The Morgan fingerprint density at radius 3 is 2.91 bits per heavy atom. The molecule has 1 aromatic rings. The highest BCUT2D eigenvalue weighted by Gasteiger charge is 2.02. The molecule has 0 aliphatic carbocycles. The number of hydrogen-bond acceptors (Lipinski definition) is 2. The van der Waals surface area contributed by atoms with Crippen molar-refractivity contribution in [3.8, 4) is 6.07 Å². The first-order valence-corrected chi connectivity index (χ1v) is 5.27. The van der Waals surface area contributed by atoms with E-state index in [1.807, 2.05) is 6.92 Å². The van der Waals surface area contributed by atoms with E-state index in [1.54, 1.807) is 11.3 Å². The number of halogens is 1. The average molecular weight is 230 g/mol. The van der Waals surface area contributed by atoms with Gasteiger partial charge >= 0.3 is 0 Å². The molecule has 0 aromatic carbocycles. The van der Waals surface area contributed by atoms with Crippen molar-refractivity contribution in [2.24, 2.45) is 0 Å². The molecular weight excluding hydrogens is 222 g/mol. The molecule has 0 aliphatic heterocycles. The monoisotopic (exact) mass is 229 g/mol. The van der Waals surface area contributed by atoms with E-state index in [2.05, 4.69) is 28.1 Å². The second kappa shape index (κ2) is 3.89. The van der Waals surface area contributed by atoms with Crippen molar-refractivity contribution in [3.63, 3.8) is 0 Å². The van der Waals surface area contributed by atoms with Crippen molar-refractivity contribution in [2.45, 2.75) is 13.3 Å². The number of nitrogens with zero attached hydrogens (tertiary/aromatic N) is 1. The van der Waals surface area contributed by atoms with Gasteiger partial charge in [0.25, 0.3) is 0 Å². The van der Waals surface area contributed by atoms with Crippen LogP contribution in [-0.2, 0) is 6.42 Å². The van der Waals surface area contributed by atoms with Crippen molar-refractivity contribution in [2.75, 3.05) is 5.33 Å². The summed E-state index contributed by atoms with van der Waals surface area (Å²) in [6, 6.07) is 4.27. The van der Waals surface area contributed by atoms with Crippen LogP contribution in [0.25, 0.3) is 0 Å². The van der Waals surface area contributed by atoms with Gasteiger partial charge in [-0.3, -0.25) is 0 Å². The van der Waals surface area contributed by atoms with Crippen LogP contribution in [0.2, 0.25) is 0 Å². The van der Waals surface area contributed by atoms with Gasteiger partial charge in [-0.15, -0.1) is 11.3 Å². The van der Waals surface area contributed by atoms with Crippen LogP contribution in [0.1, 0.15) is 15.3 Å². The van der Waals surface area contributed by atoms with Gasteiger partial charge in [0.15, 0.2) is 0 Å². The Hall–Kier alpha value is -0.330. The van der Waals surface area contributed by atoms with E-state index in [-0.39, 0.29) is 0 Å². The first-order valence-electron chi connectivity index (χ1n) is 3.33. The number of alkyl halides is 1. The summed E-state index contributed by atoms with van der Waals surface area (Å²) in [6.45, 7) is 1.98. The lowest BCUT2D eigenvalue weighted by Crippen LogP contribution is -1.76. The van der Waals surface area contributed by atoms with Crippen LogP contribution in [0.15, 0.2) is 6.07 Å². The molecule has 0 spiro atoms. The summed E-state index contributed by atoms with van der Waals surface area (Å²) < 4.78 is 0. The van der Waals surface area contributed by atoms with Gasteiger partial charge in [0, 0.05) is 10.2 Å². The van der Waals surface area contributed by atoms with Crippen molar-refractivity contribution in [1.29, 1.82) is 5.26 Å². The number of hydrogen-bond donors (Lipinski definition) is 0. The third-order valence-electron chi connectivity index (χ3n) is 1.41. The lowest BCUT2D eigenvalue weighted by Gasteiger charge is -1.85. The standard InChI is InChI=1S/C8H8BrNS/c1-6-4-7(2-3-9)11-8(6)5-10/h4H,2-3H2,1H3. The van der Waals surface area contributed by atoms with Gasteiger partial charge in [0.05, 0.1) is 0 Å². The molecule has 0 radical (unpaired) electrons. The first kappa shape index (κ1) is 8.76. The highest BCUT2D eigenvalue weighted by Crippen LogP contribution is 2.21. The quantitative estimate of drug-likeness (QED) is 0.716. The zero-order valence-electron chi connectivity index (χ0n) is 6.22. The summed E-state index contributed by atoms with van der Waals surface area (Å²) in [5.74, 6) is 0. The molecular formula is C8H8BrNS. The maximum Gasteiger partial charge on any atom is 0.110 e. The molecule has 0 amide bonds. The van der Waals surface area contributed by atoms with Crippen LogP contribution in [0.4, 0.5) is 0 Å². The van der Waals surface area contributed by atoms with Crippen LogP contribution in [-0.4, -0.2) is 5.33 Å². The van der Waals surface area contributed by atoms with Gasteiger partial charge in [-0.05, 0) is 25.0 Å². The molecule has 1 rings (SSSR count). The molecule has 0 fully saturated rings. The first-order chi connectivity index (χ1) is 5.27. The highest BCUT2D eigenvalue weighted by atomic mass is 79.9. The Labute approximate surface area is 78.8 Å². The maximum atomic E-state index is 8.65. The lowest BCUT2D eigenvalue weighted by molar-refractivity contribution is 1.21. The van der Waals surface area contributed by atoms with E-state index < -0.39 is 0 Å². The second-order valence-electron chi connectivity index (χ2n) is 2.28. The Bertz CT molecular complexity index is 285. The fourth-order valence-corrected chi connectivity index (χ4v) is 2.53. The fourth-order valence-electron chi connectivity index (χ4n) is 0.875. The minimum Gasteiger partial charge on any atom is -0.192 e. The molecule has 0 unspecified atom stereocenters. The summed E-state index contributed by atoms with van der Waals surface area (Å²) in [7, 11) is 0. The third-order valence-corrected chi connectivity index (χ3v) is 3.01. The van der Waals surface area contributed by atoms with Gasteiger partial charge in [-0.1, -0.05) is 15.9 Å². The van der Waals surface area contributed by atoms with Crippen LogP contribution < -0.4 is 0 Å². The van der Waals surface area contributed by atoms with Gasteiger partial charge in [-0.2, -0.15) is 5.26 Å². The van der Waals surface area contributed by atoms with E-state index in [0.29, 0.717) is 0 Å². The Kier molecular flexibility index (Phi) is 3.10. The molecule has 0 aliphatic rings.